The molecule has 4 nitrogen and oxygen atoms in total. The smallest absolute Gasteiger partial charge is 0.284 e. The predicted molar refractivity (Wildman–Crippen MR) is 74.3 cm³/mol. The van der Waals surface area contributed by atoms with Crippen LogP contribution in [0.3, 0.4) is 0 Å². The standard InChI is InChI=1S/C16H23NO3/c1-4-6-7-13(3)9-16-18-11-15(8-5-2,12-19-16)14(10-17)20-16/h1,13-14H,5-9,11-12H2,2-3H3. The van der Waals surface area contributed by atoms with Gasteiger partial charge in [-0.15, -0.1) is 12.3 Å². The molecule has 0 aliphatic carbocycles. The van der Waals surface area contributed by atoms with Crippen molar-refractivity contribution in [2.75, 3.05) is 13.2 Å². The van der Waals surface area contributed by atoms with Crippen LogP contribution in [0.1, 0.15) is 46.0 Å². The number of rotatable bonds is 6. The third-order valence-corrected chi connectivity index (χ3v) is 4.26. The Hall–Kier alpha value is -1.07. The molecule has 3 aliphatic heterocycles. The summed E-state index contributed by atoms with van der Waals surface area (Å²) in [5.41, 5.74) is -0.298. The van der Waals surface area contributed by atoms with E-state index in [2.05, 4.69) is 25.8 Å². The summed E-state index contributed by atoms with van der Waals surface area (Å²) in [6, 6.07) is 2.29. The molecule has 0 aromatic rings. The van der Waals surface area contributed by atoms with Gasteiger partial charge in [0, 0.05) is 12.8 Å². The fourth-order valence-corrected chi connectivity index (χ4v) is 3.08. The Bertz CT molecular complexity index is 412. The van der Waals surface area contributed by atoms with Gasteiger partial charge in [-0.3, -0.25) is 0 Å². The van der Waals surface area contributed by atoms with Gasteiger partial charge in [0.1, 0.15) is 0 Å². The van der Waals surface area contributed by atoms with E-state index in [1.807, 2.05) is 0 Å². The SMILES string of the molecule is C#CCCC(C)CC12OCC(CCC)(CO1)C(C#N)O2. The lowest BCUT2D eigenvalue weighted by atomic mass is 9.77. The van der Waals surface area contributed by atoms with E-state index in [1.54, 1.807) is 0 Å². The van der Waals surface area contributed by atoms with Crippen LogP contribution in [0.15, 0.2) is 0 Å². The molecule has 3 saturated heterocycles. The Labute approximate surface area is 121 Å². The third kappa shape index (κ3) is 2.83. The molecule has 0 aromatic heterocycles. The van der Waals surface area contributed by atoms with Gasteiger partial charge in [0.25, 0.3) is 5.97 Å². The zero-order valence-corrected chi connectivity index (χ0v) is 12.4. The van der Waals surface area contributed by atoms with Crippen LogP contribution in [0.5, 0.6) is 0 Å². The van der Waals surface area contributed by atoms with E-state index in [4.69, 9.17) is 20.6 Å². The summed E-state index contributed by atoms with van der Waals surface area (Å²) >= 11 is 0. The molecule has 2 bridgehead atoms. The zero-order chi connectivity index (χ0) is 14.6. The van der Waals surface area contributed by atoms with Crippen LogP contribution >= 0.6 is 0 Å². The molecule has 3 rings (SSSR count). The molecule has 3 aliphatic rings. The van der Waals surface area contributed by atoms with E-state index in [1.165, 1.54) is 0 Å². The van der Waals surface area contributed by atoms with Crippen molar-refractivity contribution in [3.63, 3.8) is 0 Å². The van der Waals surface area contributed by atoms with Crippen molar-refractivity contribution in [2.45, 2.75) is 58.0 Å². The first kappa shape index (κ1) is 15.3. The fraction of sp³-hybridized carbons (Fsp3) is 0.812. The predicted octanol–water partition coefficient (Wildman–Crippen LogP) is 2.84. The molecule has 2 unspecified atom stereocenters. The maximum atomic E-state index is 9.38. The van der Waals surface area contributed by atoms with Gasteiger partial charge in [-0.2, -0.15) is 5.26 Å². The molecule has 0 N–H and O–H groups in total. The van der Waals surface area contributed by atoms with Gasteiger partial charge >= 0.3 is 0 Å². The maximum Gasteiger partial charge on any atom is 0.284 e. The molecular weight excluding hydrogens is 254 g/mol. The summed E-state index contributed by atoms with van der Waals surface area (Å²) in [4.78, 5) is 0. The van der Waals surface area contributed by atoms with E-state index in [9.17, 15) is 5.26 Å². The molecule has 0 amide bonds. The van der Waals surface area contributed by atoms with Gasteiger partial charge < -0.3 is 14.2 Å². The number of ether oxygens (including phenoxy) is 3. The monoisotopic (exact) mass is 277 g/mol. The second-order valence-electron chi connectivity index (χ2n) is 6.05. The van der Waals surface area contributed by atoms with Gasteiger partial charge in [-0.1, -0.05) is 20.3 Å². The molecule has 20 heavy (non-hydrogen) atoms. The summed E-state index contributed by atoms with van der Waals surface area (Å²) in [7, 11) is 0. The fourth-order valence-electron chi connectivity index (χ4n) is 3.08. The highest BCUT2D eigenvalue weighted by molar-refractivity contribution is 5.05. The largest absolute Gasteiger partial charge is 0.327 e. The van der Waals surface area contributed by atoms with Crippen molar-refractivity contribution in [2.24, 2.45) is 11.3 Å². The minimum atomic E-state index is -1.04. The topological polar surface area (TPSA) is 51.5 Å². The Kier molecular flexibility index (Phi) is 4.70. The molecule has 0 saturated carbocycles. The Morgan fingerprint density at radius 2 is 2.10 bits per heavy atom. The normalized spacial score (nSPS) is 37.1. The van der Waals surface area contributed by atoms with Crippen LogP contribution in [0.2, 0.25) is 0 Å². The second kappa shape index (κ2) is 6.14. The lowest BCUT2D eigenvalue weighted by Crippen LogP contribution is -2.64. The Morgan fingerprint density at radius 3 is 2.65 bits per heavy atom. The number of terminal acetylenes is 1. The Morgan fingerprint density at radius 1 is 1.40 bits per heavy atom. The highest BCUT2D eigenvalue weighted by atomic mass is 16.9. The summed E-state index contributed by atoms with van der Waals surface area (Å²) in [5, 5.41) is 9.38. The second-order valence-corrected chi connectivity index (χ2v) is 6.05. The highest BCUT2D eigenvalue weighted by Gasteiger charge is 2.58. The first-order chi connectivity index (χ1) is 9.60. The van der Waals surface area contributed by atoms with E-state index >= 15 is 0 Å². The lowest BCUT2D eigenvalue weighted by molar-refractivity contribution is -0.485. The van der Waals surface area contributed by atoms with Crippen LogP contribution < -0.4 is 0 Å². The summed E-state index contributed by atoms with van der Waals surface area (Å²) in [5.74, 6) is 1.94. The molecule has 3 heterocycles. The first-order valence-electron chi connectivity index (χ1n) is 7.38. The Balaban J connectivity index is 2.03. The van der Waals surface area contributed by atoms with Crippen LogP contribution in [0.4, 0.5) is 0 Å². The quantitative estimate of drug-likeness (QED) is 0.701. The molecule has 4 heteroatoms. The number of nitriles is 1. The van der Waals surface area contributed by atoms with Gasteiger partial charge in [0.2, 0.25) is 0 Å². The molecule has 110 valence electrons. The van der Waals surface area contributed by atoms with Gasteiger partial charge in [-0.05, 0) is 18.8 Å². The van der Waals surface area contributed by atoms with Crippen molar-refractivity contribution >= 4 is 0 Å². The van der Waals surface area contributed by atoms with Crippen molar-refractivity contribution in [3.05, 3.63) is 0 Å². The minimum Gasteiger partial charge on any atom is -0.327 e. The van der Waals surface area contributed by atoms with Crippen molar-refractivity contribution in [1.29, 1.82) is 5.26 Å². The average molecular weight is 277 g/mol. The average Bonchev–Trinajstić information content (AvgIpc) is 2.46. The van der Waals surface area contributed by atoms with Crippen LogP contribution in [0, 0.1) is 35.0 Å². The minimum absolute atomic E-state index is 0.298. The van der Waals surface area contributed by atoms with Crippen LogP contribution in [-0.2, 0) is 14.2 Å². The van der Waals surface area contributed by atoms with Crippen molar-refractivity contribution in [3.8, 4) is 18.4 Å². The highest BCUT2D eigenvalue weighted by Crippen LogP contribution is 2.47. The van der Waals surface area contributed by atoms with Crippen molar-refractivity contribution < 1.29 is 14.2 Å². The van der Waals surface area contributed by atoms with Gasteiger partial charge in [0.15, 0.2) is 6.10 Å². The van der Waals surface area contributed by atoms with E-state index in [0.717, 1.165) is 25.7 Å². The van der Waals surface area contributed by atoms with Crippen LogP contribution in [0.25, 0.3) is 0 Å². The number of fused-ring (bicyclic) bond motifs is 3. The summed E-state index contributed by atoms with van der Waals surface area (Å²) < 4.78 is 17.6. The number of hydrogen-bond donors (Lipinski definition) is 0. The number of nitrogens with zero attached hydrogens (tertiary/aromatic N) is 1. The van der Waals surface area contributed by atoms with Crippen molar-refractivity contribution in [1.82, 2.24) is 0 Å². The van der Waals surface area contributed by atoms with E-state index in [0.29, 0.717) is 25.6 Å². The molecule has 3 fully saturated rings. The molecule has 2 atom stereocenters. The summed E-state index contributed by atoms with van der Waals surface area (Å²) in [6.45, 7) is 5.29. The molecule has 0 spiro atoms. The maximum absolute atomic E-state index is 9.38. The van der Waals surface area contributed by atoms with E-state index in [-0.39, 0.29) is 5.41 Å². The lowest BCUT2D eigenvalue weighted by Gasteiger charge is -2.54. The molecular formula is C16H23NO3. The van der Waals surface area contributed by atoms with Crippen LogP contribution in [-0.4, -0.2) is 25.3 Å². The molecule has 0 aromatic carbocycles. The zero-order valence-electron chi connectivity index (χ0n) is 12.4. The first-order valence-corrected chi connectivity index (χ1v) is 7.38. The number of hydrogen-bond acceptors (Lipinski definition) is 4. The molecule has 0 radical (unpaired) electrons. The van der Waals surface area contributed by atoms with E-state index < -0.39 is 12.1 Å². The van der Waals surface area contributed by atoms with Gasteiger partial charge in [-0.25, -0.2) is 0 Å². The van der Waals surface area contributed by atoms with Gasteiger partial charge in [0.05, 0.1) is 24.7 Å². The third-order valence-electron chi connectivity index (χ3n) is 4.26. The summed E-state index contributed by atoms with van der Waals surface area (Å²) in [6.07, 6.45) is 8.98.